The van der Waals surface area contributed by atoms with Gasteiger partial charge in [0.05, 0.1) is 13.2 Å². The van der Waals surface area contributed by atoms with Gasteiger partial charge in [-0.1, -0.05) is 42.5 Å². The van der Waals surface area contributed by atoms with Gasteiger partial charge >= 0.3 is 0 Å². The average Bonchev–Trinajstić information content (AvgIpc) is 2.52. The van der Waals surface area contributed by atoms with Crippen LogP contribution in [0.4, 0.5) is 0 Å². The van der Waals surface area contributed by atoms with Gasteiger partial charge in [-0.3, -0.25) is 0 Å². The Morgan fingerprint density at radius 3 is 2.43 bits per heavy atom. The zero-order chi connectivity index (χ0) is 15.2. The quantitative estimate of drug-likeness (QED) is 0.585. The number of aliphatic hydroxyl groups excluding tert-OH is 4. The molecular formula is C15H20O6. The second-order valence-corrected chi connectivity index (χ2v) is 4.84. The number of hydrogen-bond donors (Lipinski definition) is 4. The van der Waals surface area contributed by atoms with Crippen LogP contribution in [0.5, 0.6) is 0 Å². The van der Waals surface area contributed by atoms with Crippen molar-refractivity contribution in [1.82, 2.24) is 0 Å². The van der Waals surface area contributed by atoms with Crippen molar-refractivity contribution in [3.05, 3.63) is 42.0 Å². The predicted molar refractivity (Wildman–Crippen MR) is 75.2 cm³/mol. The van der Waals surface area contributed by atoms with Crippen LogP contribution in [-0.2, 0) is 9.47 Å². The molecular weight excluding hydrogens is 276 g/mol. The highest BCUT2D eigenvalue weighted by Crippen LogP contribution is 2.21. The molecule has 0 saturated carbocycles. The molecule has 0 aromatic heterocycles. The van der Waals surface area contributed by atoms with E-state index < -0.39 is 37.3 Å². The average molecular weight is 296 g/mol. The number of ether oxygens (including phenoxy) is 2. The van der Waals surface area contributed by atoms with Crippen LogP contribution in [0, 0.1) is 0 Å². The highest BCUT2D eigenvalue weighted by atomic mass is 16.7. The van der Waals surface area contributed by atoms with Crippen LogP contribution in [0.25, 0.3) is 6.08 Å². The van der Waals surface area contributed by atoms with Gasteiger partial charge in [0.15, 0.2) is 6.29 Å². The monoisotopic (exact) mass is 296 g/mol. The normalized spacial score (nSPS) is 33.4. The lowest BCUT2D eigenvalue weighted by atomic mass is 9.99. The Kier molecular flexibility index (Phi) is 5.86. The molecule has 1 fully saturated rings. The topological polar surface area (TPSA) is 99.4 Å². The number of benzene rings is 1. The standard InChI is InChI=1S/C15H20O6/c16-9-11-12(17)13(18)14(19)15(21-11)20-8-4-7-10-5-2-1-3-6-10/h1-7,11-19H,8-9H2/b7-4-. The molecule has 6 heteroatoms. The lowest BCUT2D eigenvalue weighted by Crippen LogP contribution is -2.59. The van der Waals surface area contributed by atoms with Crippen molar-refractivity contribution >= 4 is 6.08 Å². The summed E-state index contributed by atoms with van der Waals surface area (Å²) in [5, 5.41) is 38.1. The van der Waals surface area contributed by atoms with Gasteiger partial charge in [-0.2, -0.15) is 0 Å². The summed E-state index contributed by atoms with van der Waals surface area (Å²) in [6.45, 7) is -0.303. The van der Waals surface area contributed by atoms with E-state index in [1.54, 1.807) is 6.08 Å². The van der Waals surface area contributed by atoms with Gasteiger partial charge in [0.1, 0.15) is 24.4 Å². The summed E-state index contributed by atoms with van der Waals surface area (Å²) in [6.07, 6.45) is -2.61. The smallest absolute Gasteiger partial charge is 0.187 e. The SMILES string of the molecule is OCC1OC(OC/C=C\c2ccccc2)C(O)C(O)C1O. The van der Waals surface area contributed by atoms with Crippen LogP contribution < -0.4 is 0 Å². The summed E-state index contributed by atoms with van der Waals surface area (Å²) in [5.74, 6) is 0. The molecule has 21 heavy (non-hydrogen) atoms. The third-order valence-electron chi connectivity index (χ3n) is 3.32. The molecule has 0 spiro atoms. The molecule has 1 saturated heterocycles. The molecule has 1 aromatic rings. The summed E-state index contributed by atoms with van der Waals surface area (Å²) >= 11 is 0. The van der Waals surface area contributed by atoms with E-state index in [4.69, 9.17) is 14.6 Å². The molecule has 2 rings (SSSR count). The zero-order valence-corrected chi connectivity index (χ0v) is 11.4. The minimum absolute atomic E-state index is 0.164. The fourth-order valence-corrected chi connectivity index (χ4v) is 2.10. The highest BCUT2D eigenvalue weighted by molar-refractivity contribution is 5.48. The van der Waals surface area contributed by atoms with Gasteiger partial charge in [-0.15, -0.1) is 0 Å². The highest BCUT2D eigenvalue weighted by Gasteiger charge is 2.43. The van der Waals surface area contributed by atoms with Crippen molar-refractivity contribution in [1.29, 1.82) is 0 Å². The number of aliphatic hydroxyl groups is 4. The second kappa shape index (κ2) is 7.65. The maximum absolute atomic E-state index is 9.77. The van der Waals surface area contributed by atoms with Crippen LogP contribution >= 0.6 is 0 Å². The van der Waals surface area contributed by atoms with E-state index in [9.17, 15) is 15.3 Å². The van der Waals surface area contributed by atoms with Crippen molar-refractivity contribution < 1.29 is 29.9 Å². The first-order chi connectivity index (χ1) is 10.1. The van der Waals surface area contributed by atoms with E-state index in [1.165, 1.54) is 0 Å². The van der Waals surface area contributed by atoms with Gasteiger partial charge in [0.25, 0.3) is 0 Å². The molecule has 0 bridgehead atoms. The molecule has 1 heterocycles. The molecule has 4 N–H and O–H groups in total. The summed E-state index contributed by atoms with van der Waals surface area (Å²) in [6, 6.07) is 9.62. The number of rotatable bonds is 5. The molecule has 0 aliphatic carbocycles. The minimum atomic E-state index is -1.42. The van der Waals surface area contributed by atoms with Crippen LogP contribution in [0.3, 0.4) is 0 Å². The number of hydrogen-bond acceptors (Lipinski definition) is 6. The van der Waals surface area contributed by atoms with E-state index in [-0.39, 0.29) is 6.61 Å². The Balaban J connectivity index is 1.86. The van der Waals surface area contributed by atoms with Gasteiger partial charge in [0, 0.05) is 0 Å². The molecule has 1 aromatic carbocycles. The maximum Gasteiger partial charge on any atom is 0.187 e. The fraction of sp³-hybridized carbons (Fsp3) is 0.467. The first-order valence-corrected chi connectivity index (χ1v) is 6.77. The summed E-state index contributed by atoms with van der Waals surface area (Å²) < 4.78 is 10.5. The molecule has 0 amide bonds. The molecule has 1 aliphatic rings. The van der Waals surface area contributed by atoms with Crippen molar-refractivity contribution in [3.8, 4) is 0 Å². The lowest BCUT2D eigenvalue weighted by molar-refractivity contribution is -0.298. The van der Waals surface area contributed by atoms with E-state index in [1.807, 2.05) is 36.4 Å². The predicted octanol–water partition coefficient (Wildman–Crippen LogP) is -0.484. The maximum atomic E-state index is 9.77. The third kappa shape index (κ3) is 4.10. The summed E-state index contributed by atoms with van der Waals surface area (Å²) in [5.41, 5.74) is 1.01. The molecule has 5 unspecified atom stereocenters. The molecule has 6 nitrogen and oxygen atoms in total. The van der Waals surface area contributed by atoms with E-state index in [0.717, 1.165) is 5.56 Å². The largest absolute Gasteiger partial charge is 0.394 e. The van der Waals surface area contributed by atoms with E-state index in [2.05, 4.69) is 0 Å². The van der Waals surface area contributed by atoms with Crippen LogP contribution in [0.15, 0.2) is 36.4 Å². The van der Waals surface area contributed by atoms with Gasteiger partial charge in [0.2, 0.25) is 0 Å². The van der Waals surface area contributed by atoms with Crippen LogP contribution in [-0.4, -0.2) is 64.3 Å². The van der Waals surface area contributed by atoms with Gasteiger partial charge in [-0.05, 0) is 5.56 Å². The Morgan fingerprint density at radius 1 is 1.05 bits per heavy atom. The fourth-order valence-electron chi connectivity index (χ4n) is 2.10. The summed E-state index contributed by atoms with van der Waals surface area (Å²) in [7, 11) is 0. The first-order valence-electron chi connectivity index (χ1n) is 6.77. The molecule has 5 atom stereocenters. The molecule has 0 radical (unpaired) electrons. The minimum Gasteiger partial charge on any atom is -0.394 e. The lowest BCUT2D eigenvalue weighted by Gasteiger charge is -2.39. The van der Waals surface area contributed by atoms with Crippen molar-refractivity contribution in [2.75, 3.05) is 13.2 Å². The summed E-state index contributed by atoms with van der Waals surface area (Å²) in [4.78, 5) is 0. The Labute approximate surface area is 122 Å². The first kappa shape index (κ1) is 16.1. The Hall–Kier alpha value is -1.28. The Bertz CT molecular complexity index is 447. The second-order valence-electron chi connectivity index (χ2n) is 4.84. The van der Waals surface area contributed by atoms with Gasteiger partial charge in [-0.25, -0.2) is 0 Å². The van der Waals surface area contributed by atoms with Gasteiger partial charge < -0.3 is 29.9 Å². The van der Waals surface area contributed by atoms with E-state index in [0.29, 0.717) is 0 Å². The van der Waals surface area contributed by atoms with Crippen LogP contribution in [0.2, 0.25) is 0 Å². The Morgan fingerprint density at radius 2 is 1.76 bits per heavy atom. The molecule has 116 valence electrons. The third-order valence-corrected chi connectivity index (χ3v) is 3.32. The molecule has 1 aliphatic heterocycles. The van der Waals surface area contributed by atoms with Crippen molar-refractivity contribution in [2.45, 2.75) is 30.7 Å². The zero-order valence-electron chi connectivity index (χ0n) is 11.4. The van der Waals surface area contributed by atoms with Crippen molar-refractivity contribution in [2.24, 2.45) is 0 Å². The van der Waals surface area contributed by atoms with Crippen LogP contribution in [0.1, 0.15) is 5.56 Å². The van der Waals surface area contributed by atoms with Crippen molar-refractivity contribution in [3.63, 3.8) is 0 Å². The van der Waals surface area contributed by atoms with E-state index >= 15 is 0 Å².